The van der Waals surface area contributed by atoms with Crippen LogP contribution in [-0.4, -0.2) is 35.8 Å². The number of hydrogen-bond donors (Lipinski definition) is 2. The van der Waals surface area contributed by atoms with Crippen LogP contribution in [0.25, 0.3) is 0 Å². The number of nitrogens with zero attached hydrogens (tertiary/aromatic N) is 2. The Morgan fingerprint density at radius 3 is 2.74 bits per heavy atom. The molecule has 2 rings (SSSR count). The van der Waals surface area contributed by atoms with Crippen molar-refractivity contribution >= 4 is 21.7 Å². The van der Waals surface area contributed by atoms with Crippen molar-refractivity contribution in [1.82, 2.24) is 15.2 Å². The molecule has 100 valence electrons. The summed E-state index contributed by atoms with van der Waals surface area (Å²) in [5.41, 5.74) is 0.446. The van der Waals surface area contributed by atoms with Gasteiger partial charge in [-0.2, -0.15) is 10.1 Å². The summed E-state index contributed by atoms with van der Waals surface area (Å²) in [6.07, 6.45) is 2.32. The molecule has 1 aromatic carbocycles. The highest BCUT2D eigenvalue weighted by Gasteiger charge is 2.15. The van der Waals surface area contributed by atoms with Gasteiger partial charge >= 0.3 is 0 Å². The first kappa shape index (κ1) is 13.2. The quantitative estimate of drug-likeness (QED) is 0.843. The van der Waals surface area contributed by atoms with Crippen molar-refractivity contribution in [2.45, 2.75) is 11.3 Å². The van der Waals surface area contributed by atoms with Crippen molar-refractivity contribution < 1.29 is 13.2 Å². The smallest absolute Gasteiger partial charge is 0.231 e. The second kappa shape index (κ2) is 5.19. The first-order chi connectivity index (χ1) is 8.97. The Hall–Kier alpha value is -2.22. The van der Waals surface area contributed by atoms with Crippen LogP contribution in [0.4, 0.5) is 5.95 Å². The van der Waals surface area contributed by atoms with Gasteiger partial charge in [0, 0.05) is 6.26 Å². The molecular weight excluding hydrogens is 268 g/mol. The SMILES string of the molecule is CS(=O)(=O)c1ccccc1CC(=O)Nc1ncn[nH]1. The maximum atomic E-state index is 11.8. The molecule has 1 aromatic heterocycles. The van der Waals surface area contributed by atoms with Gasteiger partial charge in [-0.25, -0.2) is 13.5 Å². The average molecular weight is 280 g/mol. The molecule has 0 fully saturated rings. The van der Waals surface area contributed by atoms with Crippen LogP contribution in [0, 0.1) is 0 Å². The highest BCUT2D eigenvalue weighted by atomic mass is 32.2. The average Bonchev–Trinajstić information content (AvgIpc) is 2.81. The molecule has 1 amide bonds. The molecule has 2 N–H and O–H groups in total. The van der Waals surface area contributed by atoms with Crippen LogP contribution in [0.2, 0.25) is 0 Å². The Labute approximate surface area is 110 Å². The summed E-state index contributed by atoms with van der Waals surface area (Å²) in [7, 11) is -3.36. The molecule has 8 heteroatoms. The van der Waals surface area contributed by atoms with E-state index in [1.165, 1.54) is 12.4 Å². The van der Waals surface area contributed by atoms with Gasteiger partial charge < -0.3 is 0 Å². The zero-order chi connectivity index (χ0) is 13.9. The number of hydrogen-bond acceptors (Lipinski definition) is 5. The number of rotatable bonds is 4. The van der Waals surface area contributed by atoms with Crippen LogP contribution in [0.1, 0.15) is 5.56 Å². The summed E-state index contributed by atoms with van der Waals surface area (Å²) in [5, 5.41) is 8.57. The van der Waals surface area contributed by atoms with E-state index in [2.05, 4.69) is 20.5 Å². The van der Waals surface area contributed by atoms with E-state index in [9.17, 15) is 13.2 Å². The molecule has 1 heterocycles. The number of aromatic amines is 1. The van der Waals surface area contributed by atoms with Crippen LogP contribution >= 0.6 is 0 Å². The molecule has 0 atom stereocenters. The maximum Gasteiger partial charge on any atom is 0.231 e. The number of benzene rings is 1. The van der Waals surface area contributed by atoms with Gasteiger partial charge in [0.15, 0.2) is 9.84 Å². The van der Waals surface area contributed by atoms with Gasteiger partial charge in [-0.05, 0) is 11.6 Å². The molecule has 0 radical (unpaired) electrons. The van der Waals surface area contributed by atoms with Gasteiger partial charge in [0.1, 0.15) is 6.33 Å². The lowest BCUT2D eigenvalue weighted by Gasteiger charge is -2.07. The van der Waals surface area contributed by atoms with Gasteiger partial charge in [0.2, 0.25) is 11.9 Å². The van der Waals surface area contributed by atoms with Crippen molar-refractivity contribution in [3.8, 4) is 0 Å². The minimum Gasteiger partial charge on any atom is -0.295 e. The Bertz CT molecular complexity index is 680. The highest BCUT2D eigenvalue weighted by molar-refractivity contribution is 7.90. The lowest BCUT2D eigenvalue weighted by molar-refractivity contribution is -0.115. The molecule has 0 aliphatic carbocycles. The van der Waals surface area contributed by atoms with Crippen molar-refractivity contribution in [2.24, 2.45) is 0 Å². The largest absolute Gasteiger partial charge is 0.295 e. The summed E-state index contributed by atoms with van der Waals surface area (Å²) in [6, 6.07) is 6.39. The predicted molar refractivity (Wildman–Crippen MR) is 68.3 cm³/mol. The van der Waals surface area contributed by atoms with Crippen LogP contribution in [-0.2, 0) is 21.1 Å². The summed E-state index contributed by atoms with van der Waals surface area (Å²) >= 11 is 0. The van der Waals surface area contributed by atoms with Gasteiger partial charge in [-0.3, -0.25) is 10.1 Å². The number of amides is 1. The molecule has 0 saturated heterocycles. The Kier molecular flexibility index (Phi) is 3.61. The van der Waals surface area contributed by atoms with E-state index in [0.717, 1.165) is 6.26 Å². The lowest BCUT2D eigenvalue weighted by Crippen LogP contribution is -2.17. The molecule has 0 aliphatic rings. The second-order valence-corrected chi connectivity index (χ2v) is 5.92. The zero-order valence-electron chi connectivity index (χ0n) is 10.1. The van der Waals surface area contributed by atoms with Crippen LogP contribution in [0.3, 0.4) is 0 Å². The first-order valence-electron chi connectivity index (χ1n) is 5.40. The van der Waals surface area contributed by atoms with E-state index in [0.29, 0.717) is 5.56 Å². The van der Waals surface area contributed by atoms with Crippen LogP contribution in [0.15, 0.2) is 35.5 Å². The fraction of sp³-hybridized carbons (Fsp3) is 0.182. The topological polar surface area (TPSA) is 105 Å². The normalized spacial score (nSPS) is 11.2. The number of aromatic nitrogens is 3. The summed E-state index contributed by atoms with van der Waals surface area (Å²) in [5.74, 6) is -0.144. The van der Waals surface area contributed by atoms with Crippen molar-refractivity contribution in [3.63, 3.8) is 0 Å². The number of sulfone groups is 1. The number of H-pyrrole nitrogens is 1. The first-order valence-corrected chi connectivity index (χ1v) is 7.29. The number of nitrogens with one attached hydrogen (secondary N) is 2. The maximum absolute atomic E-state index is 11.8. The molecule has 0 spiro atoms. The molecule has 0 saturated carbocycles. The lowest BCUT2D eigenvalue weighted by atomic mass is 10.1. The van der Waals surface area contributed by atoms with E-state index in [1.54, 1.807) is 18.2 Å². The molecule has 7 nitrogen and oxygen atoms in total. The molecular formula is C11H12N4O3S. The Morgan fingerprint density at radius 1 is 1.37 bits per heavy atom. The molecule has 0 unspecified atom stereocenters. The molecule has 0 aliphatic heterocycles. The predicted octanol–water partition coefficient (Wildman–Crippen LogP) is 0.389. The van der Waals surface area contributed by atoms with Gasteiger partial charge in [-0.1, -0.05) is 18.2 Å². The minimum absolute atomic E-state index is 0.0516. The number of carbonyl (C=O) groups is 1. The standard InChI is InChI=1S/C11H12N4O3S/c1-19(17,18)9-5-3-2-4-8(9)6-10(16)14-11-12-7-13-15-11/h2-5,7H,6H2,1H3,(H2,12,13,14,15,16). The van der Waals surface area contributed by atoms with Crippen LogP contribution < -0.4 is 5.32 Å². The molecule has 0 bridgehead atoms. The zero-order valence-corrected chi connectivity index (χ0v) is 10.9. The minimum atomic E-state index is -3.36. The van der Waals surface area contributed by atoms with E-state index in [1.807, 2.05) is 0 Å². The van der Waals surface area contributed by atoms with E-state index >= 15 is 0 Å². The third kappa shape index (κ3) is 3.38. The Morgan fingerprint density at radius 2 is 2.11 bits per heavy atom. The van der Waals surface area contributed by atoms with E-state index in [4.69, 9.17) is 0 Å². The molecule has 2 aromatic rings. The fourth-order valence-electron chi connectivity index (χ4n) is 1.63. The van der Waals surface area contributed by atoms with Crippen molar-refractivity contribution in [1.29, 1.82) is 0 Å². The third-order valence-corrected chi connectivity index (χ3v) is 3.59. The van der Waals surface area contributed by atoms with Gasteiger partial charge in [-0.15, -0.1) is 0 Å². The second-order valence-electron chi connectivity index (χ2n) is 3.94. The van der Waals surface area contributed by atoms with E-state index in [-0.39, 0.29) is 23.2 Å². The van der Waals surface area contributed by atoms with Crippen LogP contribution in [0.5, 0.6) is 0 Å². The summed E-state index contributed by atoms with van der Waals surface area (Å²) in [6.45, 7) is 0. The Balaban J connectivity index is 2.18. The monoisotopic (exact) mass is 280 g/mol. The van der Waals surface area contributed by atoms with Crippen molar-refractivity contribution in [3.05, 3.63) is 36.2 Å². The van der Waals surface area contributed by atoms with E-state index < -0.39 is 9.84 Å². The highest BCUT2D eigenvalue weighted by Crippen LogP contribution is 2.16. The number of carbonyl (C=O) groups excluding carboxylic acids is 1. The van der Waals surface area contributed by atoms with Crippen molar-refractivity contribution in [2.75, 3.05) is 11.6 Å². The molecule has 19 heavy (non-hydrogen) atoms. The van der Waals surface area contributed by atoms with Gasteiger partial charge in [0.05, 0.1) is 11.3 Å². The third-order valence-electron chi connectivity index (χ3n) is 2.40. The summed E-state index contributed by atoms with van der Waals surface area (Å²) < 4.78 is 23.2. The van der Waals surface area contributed by atoms with Gasteiger partial charge in [0.25, 0.3) is 0 Å². The summed E-state index contributed by atoms with van der Waals surface area (Å²) in [4.78, 5) is 15.7. The fourth-order valence-corrected chi connectivity index (χ4v) is 2.57. The number of anilines is 1.